The van der Waals surface area contributed by atoms with Crippen molar-refractivity contribution in [2.45, 2.75) is 27.2 Å². The van der Waals surface area contributed by atoms with Gasteiger partial charge in [0.1, 0.15) is 11.5 Å². The summed E-state index contributed by atoms with van der Waals surface area (Å²) in [6, 6.07) is 1.67. The fourth-order valence-corrected chi connectivity index (χ4v) is 2.98. The van der Waals surface area contributed by atoms with Crippen LogP contribution in [0.1, 0.15) is 22.8 Å². The van der Waals surface area contributed by atoms with Gasteiger partial charge in [-0.05, 0) is 20.8 Å². The number of nitrogens with one attached hydrogen (secondary N) is 1. The first kappa shape index (κ1) is 18.1. The van der Waals surface area contributed by atoms with Gasteiger partial charge in [0.15, 0.2) is 5.82 Å². The van der Waals surface area contributed by atoms with Crippen LogP contribution in [0.4, 0.5) is 5.82 Å². The first-order valence-corrected chi connectivity index (χ1v) is 8.57. The van der Waals surface area contributed by atoms with Gasteiger partial charge >= 0.3 is 0 Å². The monoisotopic (exact) mass is 361 g/mol. The van der Waals surface area contributed by atoms with Gasteiger partial charge in [-0.2, -0.15) is 0 Å². The van der Waals surface area contributed by atoms with E-state index in [0.717, 1.165) is 11.3 Å². The molecule has 1 N–H and O–H groups in total. The average molecular weight is 361 g/mol. The van der Waals surface area contributed by atoms with E-state index in [2.05, 4.69) is 15.6 Å². The van der Waals surface area contributed by atoms with Crippen molar-refractivity contribution in [1.29, 1.82) is 0 Å². The lowest BCUT2D eigenvalue weighted by molar-refractivity contribution is -0.132. The highest BCUT2D eigenvalue weighted by atomic mass is 16.5. The lowest BCUT2D eigenvalue weighted by Crippen LogP contribution is -2.50. The van der Waals surface area contributed by atoms with E-state index >= 15 is 0 Å². The summed E-state index contributed by atoms with van der Waals surface area (Å²) < 4.78 is 10.0. The summed E-state index contributed by atoms with van der Waals surface area (Å²) >= 11 is 0. The number of carbonyl (C=O) groups is 2. The van der Waals surface area contributed by atoms with Crippen molar-refractivity contribution in [2.75, 3.05) is 38.0 Å². The molecular formula is C17H23N5O4. The second-order valence-electron chi connectivity index (χ2n) is 6.51. The quantitative estimate of drug-likeness (QED) is 0.844. The van der Waals surface area contributed by atoms with Crippen LogP contribution >= 0.6 is 0 Å². The van der Waals surface area contributed by atoms with Gasteiger partial charge in [0.25, 0.3) is 0 Å². The minimum Gasteiger partial charge on any atom is -0.361 e. The van der Waals surface area contributed by atoms with Gasteiger partial charge in [0.2, 0.25) is 11.8 Å². The second-order valence-corrected chi connectivity index (χ2v) is 6.51. The van der Waals surface area contributed by atoms with E-state index in [4.69, 9.17) is 9.05 Å². The van der Waals surface area contributed by atoms with Crippen LogP contribution < -0.4 is 5.32 Å². The molecule has 140 valence electrons. The Morgan fingerprint density at radius 2 is 1.85 bits per heavy atom. The largest absolute Gasteiger partial charge is 0.361 e. The normalized spacial score (nSPS) is 15.3. The van der Waals surface area contributed by atoms with Gasteiger partial charge in [-0.3, -0.25) is 14.5 Å². The zero-order valence-corrected chi connectivity index (χ0v) is 15.2. The Kier molecular flexibility index (Phi) is 5.36. The topological polar surface area (TPSA) is 105 Å². The van der Waals surface area contributed by atoms with E-state index in [1.807, 2.05) is 23.6 Å². The molecule has 0 spiro atoms. The Bertz CT molecular complexity index is 769. The maximum atomic E-state index is 12.5. The summed E-state index contributed by atoms with van der Waals surface area (Å²) in [5.74, 6) is 1.66. The first-order chi connectivity index (χ1) is 12.4. The third-order valence-corrected chi connectivity index (χ3v) is 4.50. The Morgan fingerprint density at radius 1 is 1.12 bits per heavy atom. The van der Waals surface area contributed by atoms with Crippen molar-refractivity contribution in [2.24, 2.45) is 0 Å². The van der Waals surface area contributed by atoms with Gasteiger partial charge in [0.05, 0.1) is 18.7 Å². The Labute approximate surface area is 151 Å². The predicted molar refractivity (Wildman–Crippen MR) is 92.6 cm³/mol. The number of carbonyl (C=O) groups excluding carboxylic acids is 2. The SMILES string of the molecule is Cc1cc(NC(=O)CN2CCN(C(=O)Cc3c(C)noc3C)CC2)no1. The highest BCUT2D eigenvalue weighted by molar-refractivity contribution is 5.91. The molecule has 0 bridgehead atoms. The van der Waals surface area contributed by atoms with Gasteiger partial charge < -0.3 is 19.3 Å². The molecule has 1 aliphatic heterocycles. The molecule has 26 heavy (non-hydrogen) atoms. The van der Waals surface area contributed by atoms with Crippen molar-refractivity contribution in [3.63, 3.8) is 0 Å². The summed E-state index contributed by atoms with van der Waals surface area (Å²) in [4.78, 5) is 28.4. The van der Waals surface area contributed by atoms with Crippen LogP contribution in [0.2, 0.25) is 0 Å². The predicted octanol–water partition coefficient (Wildman–Crippen LogP) is 0.913. The molecule has 0 atom stereocenters. The van der Waals surface area contributed by atoms with Crippen molar-refractivity contribution >= 4 is 17.6 Å². The number of anilines is 1. The fraction of sp³-hybridized carbons (Fsp3) is 0.529. The molecule has 1 saturated heterocycles. The number of amides is 2. The summed E-state index contributed by atoms with van der Waals surface area (Å²) in [7, 11) is 0. The van der Waals surface area contributed by atoms with E-state index in [-0.39, 0.29) is 18.4 Å². The van der Waals surface area contributed by atoms with E-state index in [0.29, 0.717) is 49.9 Å². The molecule has 9 nitrogen and oxygen atoms in total. The second kappa shape index (κ2) is 7.69. The van der Waals surface area contributed by atoms with Gasteiger partial charge in [-0.1, -0.05) is 10.3 Å². The van der Waals surface area contributed by atoms with Gasteiger partial charge in [0, 0.05) is 37.8 Å². The van der Waals surface area contributed by atoms with E-state index in [1.54, 1.807) is 13.0 Å². The van der Waals surface area contributed by atoms with Crippen LogP contribution in [0.15, 0.2) is 15.1 Å². The minimum atomic E-state index is -0.145. The maximum Gasteiger partial charge on any atom is 0.239 e. The maximum absolute atomic E-state index is 12.5. The zero-order valence-electron chi connectivity index (χ0n) is 15.2. The number of rotatable bonds is 5. The molecule has 1 aliphatic rings. The van der Waals surface area contributed by atoms with Crippen molar-refractivity contribution in [3.8, 4) is 0 Å². The summed E-state index contributed by atoms with van der Waals surface area (Å²) in [5.41, 5.74) is 1.62. The van der Waals surface area contributed by atoms with Gasteiger partial charge in [-0.15, -0.1) is 0 Å². The highest BCUT2D eigenvalue weighted by Gasteiger charge is 2.24. The van der Waals surface area contributed by atoms with Gasteiger partial charge in [-0.25, -0.2) is 0 Å². The third-order valence-electron chi connectivity index (χ3n) is 4.50. The molecule has 9 heteroatoms. The molecule has 2 aromatic rings. The lowest BCUT2D eigenvalue weighted by atomic mass is 10.1. The van der Waals surface area contributed by atoms with Crippen LogP contribution in [0.5, 0.6) is 0 Å². The average Bonchev–Trinajstić information content (AvgIpc) is 3.15. The Hall–Kier alpha value is -2.68. The summed E-state index contributed by atoms with van der Waals surface area (Å²) in [6.07, 6.45) is 0.299. The van der Waals surface area contributed by atoms with Crippen molar-refractivity contribution < 1.29 is 18.6 Å². The molecule has 3 rings (SSSR count). The number of piperazine rings is 1. The number of aryl methyl sites for hydroxylation is 3. The van der Waals surface area contributed by atoms with Crippen molar-refractivity contribution in [1.82, 2.24) is 20.1 Å². The molecule has 0 unspecified atom stereocenters. The molecule has 2 amide bonds. The van der Waals surface area contributed by atoms with E-state index < -0.39 is 0 Å². The van der Waals surface area contributed by atoms with Crippen LogP contribution in [-0.2, 0) is 16.0 Å². The Balaban J connectivity index is 1.45. The number of aromatic nitrogens is 2. The Morgan fingerprint density at radius 3 is 2.42 bits per heavy atom. The lowest BCUT2D eigenvalue weighted by Gasteiger charge is -2.34. The molecule has 1 fully saturated rings. The molecule has 0 saturated carbocycles. The smallest absolute Gasteiger partial charge is 0.239 e. The first-order valence-electron chi connectivity index (χ1n) is 8.57. The molecule has 0 radical (unpaired) electrons. The molecule has 3 heterocycles. The number of nitrogens with zero attached hydrogens (tertiary/aromatic N) is 4. The van der Waals surface area contributed by atoms with Crippen LogP contribution in [-0.4, -0.2) is 64.7 Å². The van der Waals surface area contributed by atoms with Crippen LogP contribution in [0.25, 0.3) is 0 Å². The van der Waals surface area contributed by atoms with E-state index in [9.17, 15) is 9.59 Å². The third kappa shape index (κ3) is 4.29. The number of hydrogen-bond acceptors (Lipinski definition) is 7. The number of hydrogen-bond donors (Lipinski definition) is 1. The molecule has 0 aliphatic carbocycles. The fourth-order valence-electron chi connectivity index (χ4n) is 2.98. The van der Waals surface area contributed by atoms with Crippen LogP contribution in [0.3, 0.4) is 0 Å². The minimum absolute atomic E-state index is 0.0570. The molecule has 0 aromatic carbocycles. The molecular weight excluding hydrogens is 338 g/mol. The standard InChI is InChI=1S/C17H23N5O4/c1-11-8-15(20-25-11)18-16(23)10-21-4-6-22(7-5-21)17(24)9-14-12(2)19-26-13(14)3/h8H,4-7,9-10H2,1-3H3,(H,18,20,23). The van der Waals surface area contributed by atoms with E-state index in [1.165, 1.54) is 0 Å². The highest BCUT2D eigenvalue weighted by Crippen LogP contribution is 2.15. The van der Waals surface area contributed by atoms with Crippen LogP contribution in [0, 0.1) is 20.8 Å². The summed E-state index contributed by atoms with van der Waals surface area (Å²) in [6.45, 7) is 8.18. The summed E-state index contributed by atoms with van der Waals surface area (Å²) in [5, 5.41) is 10.3. The zero-order chi connectivity index (χ0) is 18.7. The molecule has 2 aromatic heterocycles. The van der Waals surface area contributed by atoms with Crippen molar-refractivity contribution in [3.05, 3.63) is 28.8 Å².